The molecule has 0 bridgehead atoms. The summed E-state index contributed by atoms with van der Waals surface area (Å²) in [6.45, 7) is 2.13. The van der Waals surface area contributed by atoms with Crippen LogP contribution in [0.3, 0.4) is 0 Å². The summed E-state index contributed by atoms with van der Waals surface area (Å²) in [6.07, 6.45) is 0.553. The molecule has 2 N–H and O–H groups in total. The van der Waals surface area contributed by atoms with Crippen LogP contribution in [0.2, 0.25) is 0 Å². The van der Waals surface area contributed by atoms with Crippen molar-refractivity contribution in [3.8, 4) is 0 Å². The van der Waals surface area contributed by atoms with Crippen molar-refractivity contribution in [2.45, 2.75) is 13.0 Å². The minimum Gasteiger partial charge on any atom is -0.389 e. The number of aryl methyl sites for hydroxylation is 1. The average molecular weight is 241 g/mol. The summed E-state index contributed by atoms with van der Waals surface area (Å²) in [5.74, 6) is 0.489. The lowest BCUT2D eigenvalue weighted by Crippen LogP contribution is -2.24. The molecule has 0 aromatic carbocycles. The average Bonchev–Trinajstić information content (AvgIpc) is 2.26. The van der Waals surface area contributed by atoms with Gasteiger partial charge in [0.2, 0.25) is 0 Å². The standard InChI is InChI=1S/C10H15N3O4/c1-7-3-10(11-4-8(14)6-17-2)12-5-9(7)13(15)16/h3,5,8,14H,4,6H2,1-2H3,(H,11,12). The van der Waals surface area contributed by atoms with Gasteiger partial charge < -0.3 is 15.2 Å². The summed E-state index contributed by atoms with van der Waals surface area (Å²) in [5, 5.41) is 22.8. The largest absolute Gasteiger partial charge is 0.389 e. The lowest BCUT2D eigenvalue weighted by Gasteiger charge is -2.11. The highest BCUT2D eigenvalue weighted by atomic mass is 16.6. The lowest BCUT2D eigenvalue weighted by atomic mass is 10.2. The van der Waals surface area contributed by atoms with Crippen LogP contribution in [0, 0.1) is 17.0 Å². The summed E-state index contributed by atoms with van der Waals surface area (Å²) in [4.78, 5) is 14.0. The molecule has 7 heteroatoms. The van der Waals surface area contributed by atoms with E-state index >= 15 is 0 Å². The molecule has 94 valence electrons. The van der Waals surface area contributed by atoms with E-state index in [1.54, 1.807) is 13.0 Å². The fourth-order valence-corrected chi connectivity index (χ4v) is 1.31. The van der Waals surface area contributed by atoms with E-state index in [0.29, 0.717) is 11.4 Å². The van der Waals surface area contributed by atoms with Crippen molar-refractivity contribution in [2.75, 3.05) is 25.6 Å². The zero-order chi connectivity index (χ0) is 12.8. The summed E-state index contributed by atoms with van der Waals surface area (Å²) in [6, 6.07) is 1.57. The summed E-state index contributed by atoms with van der Waals surface area (Å²) in [5.41, 5.74) is 0.502. The number of nitro groups is 1. The number of aliphatic hydroxyl groups excluding tert-OH is 1. The molecule has 0 aliphatic heterocycles. The third-order valence-electron chi connectivity index (χ3n) is 2.16. The quantitative estimate of drug-likeness (QED) is 0.562. The fourth-order valence-electron chi connectivity index (χ4n) is 1.31. The first-order valence-corrected chi connectivity index (χ1v) is 5.06. The van der Waals surface area contributed by atoms with E-state index < -0.39 is 11.0 Å². The van der Waals surface area contributed by atoms with Gasteiger partial charge in [-0.15, -0.1) is 0 Å². The van der Waals surface area contributed by atoms with E-state index in [2.05, 4.69) is 10.3 Å². The first-order valence-electron chi connectivity index (χ1n) is 5.06. The molecule has 0 saturated heterocycles. The maximum atomic E-state index is 10.6. The summed E-state index contributed by atoms with van der Waals surface area (Å²) in [7, 11) is 1.50. The number of hydrogen-bond acceptors (Lipinski definition) is 6. The highest BCUT2D eigenvalue weighted by Gasteiger charge is 2.11. The normalized spacial score (nSPS) is 12.2. The number of methoxy groups -OCH3 is 1. The second kappa shape index (κ2) is 6.12. The first kappa shape index (κ1) is 13.3. The second-order valence-corrected chi connectivity index (χ2v) is 3.60. The minimum atomic E-state index is -0.641. The maximum absolute atomic E-state index is 10.6. The molecule has 0 spiro atoms. The molecule has 0 saturated carbocycles. The summed E-state index contributed by atoms with van der Waals surface area (Å²) >= 11 is 0. The van der Waals surface area contributed by atoms with Crippen LogP contribution < -0.4 is 5.32 Å². The van der Waals surface area contributed by atoms with E-state index in [9.17, 15) is 15.2 Å². The third-order valence-corrected chi connectivity index (χ3v) is 2.16. The monoisotopic (exact) mass is 241 g/mol. The van der Waals surface area contributed by atoms with Crippen molar-refractivity contribution in [2.24, 2.45) is 0 Å². The predicted octanol–water partition coefficient (Wildman–Crippen LogP) is 0.717. The number of rotatable bonds is 6. The van der Waals surface area contributed by atoms with Crippen LogP contribution in [0.4, 0.5) is 11.5 Å². The molecule has 0 amide bonds. The van der Waals surface area contributed by atoms with E-state index in [1.807, 2.05) is 0 Å². The minimum absolute atomic E-state index is 0.0204. The Bertz CT molecular complexity index is 397. The van der Waals surface area contributed by atoms with Crippen molar-refractivity contribution >= 4 is 11.5 Å². The van der Waals surface area contributed by atoms with Gasteiger partial charge in [-0.3, -0.25) is 10.1 Å². The number of hydrogen-bond donors (Lipinski definition) is 2. The van der Waals surface area contributed by atoms with Gasteiger partial charge in [-0.2, -0.15) is 0 Å². The maximum Gasteiger partial charge on any atom is 0.290 e. The topological polar surface area (TPSA) is 97.5 Å². The van der Waals surface area contributed by atoms with Gasteiger partial charge in [0.25, 0.3) is 5.69 Å². The van der Waals surface area contributed by atoms with Gasteiger partial charge in [0.15, 0.2) is 0 Å². The van der Waals surface area contributed by atoms with E-state index in [0.717, 1.165) is 0 Å². The number of ether oxygens (including phenoxy) is 1. The van der Waals surface area contributed by atoms with Crippen molar-refractivity contribution in [3.05, 3.63) is 27.9 Å². The van der Waals surface area contributed by atoms with Crippen LogP contribution in [0.5, 0.6) is 0 Å². The third kappa shape index (κ3) is 3.97. The van der Waals surface area contributed by atoms with Crippen molar-refractivity contribution in [1.82, 2.24) is 4.98 Å². The number of aliphatic hydroxyl groups is 1. The Hall–Kier alpha value is -1.73. The molecule has 1 rings (SSSR count). The van der Waals surface area contributed by atoms with Crippen LogP contribution in [0.15, 0.2) is 12.3 Å². The highest BCUT2D eigenvalue weighted by Crippen LogP contribution is 2.18. The Kier molecular flexibility index (Phi) is 4.80. The molecule has 0 radical (unpaired) electrons. The lowest BCUT2D eigenvalue weighted by molar-refractivity contribution is -0.385. The number of nitrogens with zero attached hydrogens (tertiary/aromatic N) is 2. The van der Waals surface area contributed by atoms with Crippen LogP contribution >= 0.6 is 0 Å². The number of anilines is 1. The number of nitrogens with one attached hydrogen (secondary N) is 1. The van der Waals surface area contributed by atoms with E-state index in [4.69, 9.17) is 4.74 Å². The fraction of sp³-hybridized carbons (Fsp3) is 0.500. The number of pyridine rings is 1. The van der Waals surface area contributed by atoms with Crippen molar-refractivity contribution < 1.29 is 14.8 Å². The van der Waals surface area contributed by atoms with Gasteiger partial charge in [-0.05, 0) is 13.0 Å². The first-order chi connectivity index (χ1) is 8.04. The van der Waals surface area contributed by atoms with E-state index in [1.165, 1.54) is 13.3 Å². The predicted molar refractivity (Wildman–Crippen MR) is 62.0 cm³/mol. The smallest absolute Gasteiger partial charge is 0.290 e. The number of aromatic nitrogens is 1. The SMILES string of the molecule is COCC(O)CNc1cc(C)c([N+](=O)[O-])cn1. The molecule has 1 unspecified atom stereocenters. The molecule has 1 aromatic heterocycles. The molecule has 17 heavy (non-hydrogen) atoms. The van der Waals surface area contributed by atoms with Crippen LogP contribution in [-0.2, 0) is 4.74 Å². The van der Waals surface area contributed by atoms with Crippen LogP contribution in [-0.4, -0.2) is 41.4 Å². The Morgan fingerprint density at radius 3 is 2.94 bits per heavy atom. The van der Waals surface area contributed by atoms with Crippen LogP contribution in [0.1, 0.15) is 5.56 Å². The van der Waals surface area contributed by atoms with Gasteiger partial charge in [-0.1, -0.05) is 0 Å². The molecular formula is C10H15N3O4. The van der Waals surface area contributed by atoms with Gasteiger partial charge >= 0.3 is 0 Å². The molecule has 1 aromatic rings. The molecular weight excluding hydrogens is 226 g/mol. The Morgan fingerprint density at radius 2 is 2.41 bits per heavy atom. The molecule has 0 aliphatic rings. The Morgan fingerprint density at radius 1 is 1.71 bits per heavy atom. The van der Waals surface area contributed by atoms with Crippen LogP contribution in [0.25, 0.3) is 0 Å². The summed E-state index contributed by atoms with van der Waals surface area (Å²) < 4.78 is 4.77. The molecule has 1 heterocycles. The van der Waals surface area contributed by atoms with Gasteiger partial charge in [0.05, 0.1) is 17.6 Å². The molecule has 7 nitrogen and oxygen atoms in total. The van der Waals surface area contributed by atoms with Crippen molar-refractivity contribution in [1.29, 1.82) is 0 Å². The Labute approximate surface area is 98.6 Å². The second-order valence-electron chi connectivity index (χ2n) is 3.60. The molecule has 0 fully saturated rings. The molecule has 1 atom stereocenters. The van der Waals surface area contributed by atoms with Gasteiger partial charge in [-0.25, -0.2) is 4.98 Å². The zero-order valence-corrected chi connectivity index (χ0v) is 9.71. The van der Waals surface area contributed by atoms with Gasteiger partial charge in [0, 0.05) is 19.2 Å². The van der Waals surface area contributed by atoms with Gasteiger partial charge in [0.1, 0.15) is 12.0 Å². The van der Waals surface area contributed by atoms with Crippen molar-refractivity contribution in [3.63, 3.8) is 0 Å². The Balaban J connectivity index is 2.62. The van der Waals surface area contributed by atoms with E-state index in [-0.39, 0.29) is 18.8 Å². The zero-order valence-electron chi connectivity index (χ0n) is 9.71. The molecule has 0 aliphatic carbocycles. The highest BCUT2D eigenvalue weighted by molar-refractivity contribution is 5.46.